The Balaban J connectivity index is 1.66. The van der Waals surface area contributed by atoms with Gasteiger partial charge in [0, 0.05) is 5.02 Å². The zero-order valence-electron chi connectivity index (χ0n) is 14.7. The molecule has 136 valence electrons. The number of ether oxygens (including phenoxy) is 1. The number of benzene rings is 3. The molecule has 1 atom stereocenters. The van der Waals surface area contributed by atoms with Crippen molar-refractivity contribution in [2.75, 3.05) is 7.11 Å². The van der Waals surface area contributed by atoms with E-state index in [1.807, 2.05) is 25.1 Å². The minimum absolute atomic E-state index is 0.0520. The Kier molecular flexibility index (Phi) is 4.77. The summed E-state index contributed by atoms with van der Waals surface area (Å²) in [5.74, 6) is 1.70. The standard InChI is InChI=1S/C21H16Cl2N2O2/c1-12(13-3-4-15-10-17(26-2)7-5-14(15)9-13)20-24-25-21(27-20)18-8-6-16(22)11-19(18)23/h3-12H,1-2H3. The lowest BCUT2D eigenvalue weighted by Gasteiger charge is -2.09. The van der Waals surface area contributed by atoms with Crippen LogP contribution < -0.4 is 4.74 Å². The summed E-state index contributed by atoms with van der Waals surface area (Å²) in [6.07, 6.45) is 0. The number of nitrogens with zero attached hydrogens (tertiary/aromatic N) is 2. The molecule has 0 amide bonds. The Morgan fingerprint density at radius 1 is 0.926 bits per heavy atom. The highest BCUT2D eigenvalue weighted by atomic mass is 35.5. The molecule has 4 nitrogen and oxygen atoms in total. The van der Waals surface area contributed by atoms with Gasteiger partial charge >= 0.3 is 0 Å². The van der Waals surface area contributed by atoms with Crippen molar-refractivity contribution < 1.29 is 9.15 Å². The lowest BCUT2D eigenvalue weighted by molar-refractivity contribution is 0.415. The second-order valence-corrected chi connectivity index (χ2v) is 7.11. The van der Waals surface area contributed by atoms with Gasteiger partial charge in [-0.25, -0.2) is 0 Å². The molecule has 1 heterocycles. The summed E-state index contributed by atoms with van der Waals surface area (Å²) in [7, 11) is 1.66. The first-order chi connectivity index (χ1) is 13.0. The quantitative estimate of drug-likeness (QED) is 0.401. The van der Waals surface area contributed by atoms with Crippen molar-refractivity contribution in [2.24, 2.45) is 0 Å². The minimum atomic E-state index is -0.0520. The fraction of sp³-hybridized carbons (Fsp3) is 0.143. The monoisotopic (exact) mass is 398 g/mol. The molecule has 0 radical (unpaired) electrons. The molecule has 0 saturated carbocycles. The lowest BCUT2D eigenvalue weighted by atomic mass is 9.97. The summed E-state index contributed by atoms with van der Waals surface area (Å²) in [6.45, 7) is 2.03. The van der Waals surface area contributed by atoms with Crippen LogP contribution >= 0.6 is 23.2 Å². The van der Waals surface area contributed by atoms with Gasteiger partial charge in [0.15, 0.2) is 0 Å². The number of halogens is 2. The van der Waals surface area contributed by atoms with E-state index in [-0.39, 0.29) is 5.92 Å². The van der Waals surface area contributed by atoms with Gasteiger partial charge in [-0.05, 0) is 53.6 Å². The van der Waals surface area contributed by atoms with Crippen LogP contribution in [0.25, 0.3) is 22.2 Å². The molecule has 4 aromatic rings. The molecule has 3 aromatic carbocycles. The molecule has 27 heavy (non-hydrogen) atoms. The Hall–Kier alpha value is -2.56. The molecule has 1 aromatic heterocycles. The van der Waals surface area contributed by atoms with Gasteiger partial charge in [0.2, 0.25) is 11.8 Å². The van der Waals surface area contributed by atoms with Crippen LogP contribution in [0.3, 0.4) is 0 Å². The van der Waals surface area contributed by atoms with E-state index in [1.165, 1.54) is 0 Å². The molecule has 4 rings (SSSR count). The van der Waals surface area contributed by atoms with Crippen LogP contribution in [0.4, 0.5) is 0 Å². The average molecular weight is 399 g/mol. The average Bonchev–Trinajstić information content (AvgIpc) is 3.16. The Morgan fingerprint density at radius 3 is 2.48 bits per heavy atom. The molecular formula is C21H16Cl2N2O2. The summed E-state index contributed by atoms with van der Waals surface area (Å²) >= 11 is 12.2. The minimum Gasteiger partial charge on any atom is -0.497 e. The lowest BCUT2D eigenvalue weighted by Crippen LogP contribution is -1.96. The SMILES string of the molecule is COc1ccc2cc(C(C)c3nnc(-c4ccc(Cl)cc4Cl)o3)ccc2c1. The van der Waals surface area contributed by atoms with Crippen molar-refractivity contribution in [3.05, 3.63) is 76.1 Å². The van der Waals surface area contributed by atoms with E-state index in [0.717, 1.165) is 22.1 Å². The molecule has 0 aliphatic carbocycles. The largest absolute Gasteiger partial charge is 0.497 e. The van der Waals surface area contributed by atoms with Crippen LogP contribution in [-0.4, -0.2) is 17.3 Å². The third-order valence-electron chi connectivity index (χ3n) is 4.54. The van der Waals surface area contributed by atoms with Gasteiger partial charge < -0.3 is 9.15 Å². The molecule has 0 spiro atoms. The number of hydrogen-bond acceptors (Lipinski definition) is 4. The van der Waals surface area contributed by atoms with Crippen molar-refractivity contribution in [3.8, 4) is 17.2 Å². The van der Waals surface area contributed by atoms with Gasteiger partial charge in [0.25, 0.3) is 0 Å². The van der Waals surface area contributed by atoms with Gasteiger partial charge in [0.1, 0.15) is 5.75 Å². The number of methoxy groups -OCH3 is 1. The first kappa shape index (κ1) is 17.8. The Bertz CT molecular complexity index is 1120. The molecule has 0 aliphatic heterocycles. The van der Waals surface area contributed by atoms with Gasteiger partial charge in [-0.3, -0.25) is 0 Å². The zero-order chi connectivity index (χ0) is 19.0. The fourth-order valence-corrected chi connectivity index (χ4v) is 3.45. The summed E-state index contributed by atoms with van der Waals surface area (Å²) in [6, 6.07) is 17.4. The van der Waals surface area contributed by atoms with Crippen LogP contribution in [-0.2, 0) is 0 Å². The maximum absolute atomic E-state index is 6.24. The zero-order valence-corrected chi connectivity index (χ0v) is 16.3. The van der Waals surface area contributed by atoms with Gasteiger partial charge in [-0.2, -0.15) is 0 Å². The first-order valence-electron chi connectivity index (χ1n) is 8.41. The second kappa shape index (κ2) is 7.22. The fourth-order valence-electron chi connectivity index (χ4n) is 2.96. The van der Waals surface area contributed by atoms with Gasteiger partial charge in [0.05, 0.1) is 23.6 Å². The third-order valence-corrected chi connectivity index (χ3v) is 5.09. The molecule has 0 aliphatic rings. The first-order valence-corrected chi connectivity index (χ1v) is 9.17. The molecule has 6 heteroatoms. The molecule has 0 saturated heterocycles. The topological polar surface area (TPSA) is 48.2 Å². The Labute approximate surface area is 166 Å². The van der Waals surface area contributed by atoms with Gasteiger partial charge in [-0.15, -0.1) is 10.2 Å². The third kappa shape index (κ3) is 3.51. The van der Waals surface area contributed by atoms with Crippen LogP contribution in [0.15, 0.2) is 59.0 Å². The van der Waals surface area contributed by atoms with Crippen molar-refractivity contribution in [2.45, 2.75) is 12.8 Å². The van der Waals surface area contributed by atoms with Crippen molar-refractivity contribution >= 4 is 34.0 Å². The number of aromatic nitrogens is 2. The predicted octanol–water partition coefficient (Wildman–Crippen LogP) is 6.36. The molecule has 0 bridgehead atoms. The summed E-state index contributed by atoms with van der Waals surface area (Å²) in [5, 5.41) is 11.6. The van der Waals surface area contributed by atoms with E-state index in [2.05, 4.69) is 28.4 Å². The van der Waals surface area contributed by atoms with Crippen molar-refractivity contribution in [3.63, 3.8) is 0 Å². The van der Waals surface area contributed by atoms with Crippen LogP contribution in [0.1, 0.15) is 24.3 Å². The van der Waals surface area contributed by atoms with E-state index >= 15 is 0 Å². The van der Waals surface area contributed by atoms with Crippen LogP contribution in [0.5, 0.6) is 5.75 Å². The van der Waals surface area contributed by atoms with E-state index < -0.39 is 0 Å². The maximum atomic E-state index is 6.24. The van der Waals surface area contributed by atoms with Crippen LogP contribution in [0.2, 0.25) is 10.0 Å². The van der Waals surface area contributed by atoms with Crippen LogP contribution in [0, 0.1) is 0 Å². The van der Waals surface area contributed by atoms with E-state index in [9.17, 15) is 0 Å². The smallest absolute Gasteiger partial charge is 0.249 e. The molecule has 0 fully saturated rings. The normalized spacial score (nSPS) is 12.3. The van der Waals surface area contributed by atoms with Gasteiger partial charge in [-0.1, -0.05) is 47.5 Å². The second-order valence-electron chi connectivity index (χ2n) is 6.26. The Morgan fingerprint density at radius 2 is 1.70 bits per heavy atom. The molecule has 0 N–H and O–H groups in total. The number of fused-ring (bicyclic) bond motifs is 1. The predicted molar refractivity (Wildman–Crippen MR) is 108 cm³/mol. The summed E-state index contributed by atoms with van der Waals surface area (Å²) in [4.78, 5) is 0. The number of hydrogen-bond donors (Lipinski definition) is 0. The van der Waals surface area contributed by atoms with E-state index in [4.69, 9.17) is 32.4 Å². The highest BCUT2D eigenvalue weighted by Gasteiger charge is 2.18. The summed E-state index contributed by atoms with van der Waals surface area (Å²) in [5.41, 5.74) is 1.75. The van der Waals surface area contributed by atoms with E-state index in [1.54, 1.807) is 25.3 Å². The van der Waals surface area contributed by atoms with E-state index in [0.29, 0.717) is 27.4 Å². The number of rotatable bonds is 4. The maximum Gasteiger partial charge on any atom is 0.249 e. The highest BCUT2D eigenvalue weighted by Crippen LogP contribution is 2.33. The highest BCUT2D eigenvalue weighted by molar-refractivity contribution is 6.36. The molecular weight excluding hydrogens is 383 g/mol. The van der Waals surface area contributed by atoms with Crippen molar-refractivity contribution in [1.29, 1.82) is 0 Å². The van der Waals surface area contributed by atoms with Crippen molar-refractivity contribution in [1.82, 2.24) is 10.2 Å². The summed E-state index contributed by atoms with van der Waals surface area (Å²) < 4.78 is 11.2. The molecule has 1 unspecified atom stereocenters.